The van der Waals surface area contributed by atoms with Gasteiger partial charge >= 0.3 is 0 Å². The minimum absolute atomic E-state index is 0. The highest BCUT2D eigenvalue weighted by Crippen LogP contribution is 2.31. The van der Waals surface area contributed by atoms with Gasteiger partial charge in [-0.05, 0) is 32.8 Å². The summed E-state index contributed by atoms with van der Waals surface area (Å²) in [6.45, 7) is 12.1. The van der Waals surface area contributed by atoms with Gasteiger partial charge in [0.2, 0.25) is 0 Å². The van der Waals surface area contributed by atoms with Gasteiger partial charge in [-0.1, -0.05) is 25.1 Å². The number of rotatable bonds is 5. The second-order valence-electron chi connectivity index (χ2n) is 9.03. The molecule has 0 amide bonds. The maximum absolute atomic E-state index is 5.85. The van der Waals surface area contributed by atoms with Gasteiger partial charge in [0.05, 0.1) is 12.6 Å². The zero-order valence-corrected chi connectivity index (χ0v) is 22.0. The number of benzene rings is 1. The molecule has 4 rings (SSSR count). The highest BCUT2D eigenvalue weighted by molar-refractivity contribution is 14.0. The van der Waals surface area contributed by atoms with Gasteiger partial charge in [-0.25, -0.2) is 4.99 Å². The molecule has 8 nitrogen and oxygen atoms in total. The molecule has 0 aliphatic carbocycles. The fraction of sp³-hybridized carbons (Fsp3) is 0.609. The molecule has 176 valence electrons. The van der Waals surface area contributed by atoms with Crippen molar-refractivity contribution in [3.8, 4) is 5.75 Å². The van der Waals surface area contributed by atoms with Crippen LogP contribution in [0.25, 0.3) is 0 Å². The molecular formula is C23H36IN7O. The summed E-state index contributed by atoms with van der Waals surface area (Å²) in [6, 6.07) is 9.32. The fourth-order valence-electron chi connectivity index (χ4n) is 4.32. The van der Waals surface area contributed by atoms with Crippen LogP contribution in [0.2, 0.25) is 0 Å². The van der Waals surface area contributed by atoms with E-state index < -0.39 is 0 Å². The second-order valence-corrected chi connectivity index (χ2v) is 9.03. The topological polar surface area (TPSA) is 79.6 Å². The van der Waals surface area contributed by atoms with Crippen molar-refractivity contribution in [3.63, 3.8) is 0 Å². The highest BCUT2D eigenvalue weighted by Gasteiger charge is 2.32. The van der Waals surface area contributed by atoms with Crippen LogP contribution in [0.3, 0.4) is 0 Å². The summed E-state index contributed by atoms with van der Waals surface area (Å²) in [5.41, 5.74) is 1.18. The van der Waals surface area contributed by atoms with Crippen LogP contribution in [0.4, 0.5) is 0 Å². The monoisotopic (exact) mass is 553 g/mol. The van der Waals surface area contributed by atoms with Crippen molar-refractivity contribution in [2.24, 2.45) is 18.0 Å². The van der Waals surface area contributed by atoms with Crippen LogP contribution in [-0.2, 0) is 13.6 Å². The van der Waals surface area contributed by atoms with E-state index in [2.05, 4.69) is 58.6 Å². The smallest absolute Gasteiger partial charge is 0.192 e. The van der Waals surface area contributed by atoms with E-state index >= 15 is 0 Å². The first-order valence-corrected chi connectivity index (χ1v) is 11.3. The van der Waals surface area contributed by atoms with E-state index in [1.54, 1.807) is 0 Å². The Morgan fingerprint density at radius 3 is 2.69 bits per heavy atom. The van der Waals surface area contributed by atoms with Gasteiger partial charge in [-0.3, -0.25) is 4.90 Å². The van der Waals surface area contributed by atoms with E-state index in [0.29, 0.717) is 31.2 Å². The molecule has 2 N–H and O–H groups in total. The van der Waals surface area contributed by atoms with Crippen LogP contribution in [0.5, 0.6) is 5.75 Å². The Kier molecular flexibility index (Phi) is 8.37. The maximum Gasteiger partial charge on any atom is 0.192 e. The van der Waals surface area contributed by atoms with Gasteiger partial charge in [0.1, 0.15) is 18.1 Å². The van der Waals surface area contributed by atoms with Crippen LogP contribution >= 0.6 is 24.0 Å². The molecule has 0 radical (unpaired) electrons. The number of fused-ring (bicyclic) bond motifs is 1. The molecule has 2 aliphatic rings. The van der Waals surface area contributed by atoms with Crippen LogP contribution in [0.1, 0.15) is 50.4 Å². The Morgan fingerprint density at radius 2 is 2.00 bits per heavy atom. The molecule has 3 atom stereocenters. The predicted octanol–water partition coefficient (Wildman–Crippen LogP) is 3.03. The van der Waals surface area contributed by atoms with Crippen molar-refractivity contribution < 1.29 is 4.74 Å². The normalized spacial score (nSPS) is 23.4. The summed E-state index contributed by atoms with van der Waals surface area (Å²) >= 11 is 0. The summed E-state index contributed by atoms with van der Waals surface area (Å²) < 4.78 is 7.84. The number of nitrogens with one attached hydrogen (secondary N) is 2. The minimum Gasteiger partial charge on any atom is -0.493 e. The fourth-order valence-corrected chi connectivity index (χ4v) is 4.32. The Morgan fingerprint density at radius 1 is 1.22 bits per heavy atom. The number of hydrogen-bond acceptors (Lipinski definition) is 5. The van der Waals surface area contributed by atoms with Gasteiger partial charge in [0.25, 0.3) is 0 Å². The Labute approximate surface area is 208 Å². The number of para-hydroxylation sites is 1. The molecule has 0 bridgehead atoms. The Balaban J connectivity index is 0.00000289. The first kappa shape index (κ1) is 24.8. The van der Waals surface area contributed by atoms with Crippen LogP contribution < -0.4 is 15.4 Å². The lowest BCUT2D eigenvalue weighted by molar-refractivity contribution is 0.260. The molecule has 0 saturated carbocycles. The molecule has 2 aliphatic heterocycles. The van der Waals surface area contributed by atoms with E-state index in [0.717, 1.165) is 42.9 Å². The molecule has 1 fully saturated rings. The number of aliphatic imine (C=N–C) groups is 1. The van der Waals surface area contributed by atoms with E-state index in [4.69, 9.17) is 9.73 Å². The highest BCUT2D eigenvalue weighted by atomic mass is 127. The lowest BCUT2D eigenvalue weighted by Crippen LogP contribution is -2.48. The first-order chi connectivity index (χ1) is 14.9. The first-order valence-electron chi connectivity index (χ1n) is 11.3. The van der Waals surface area contributed by atoms with Crippen molar-refractivity contribution in [1.82, 2.24) is 30.3 Å². The third-order valence-electron chi connectivity index (χ3n) is 6.52. The Hall–Kier alpha value is -1.88. The molecule has 3 unspecified atom stereocenters. The standard InChI is InChI=1S/C23H35N7O.HI/c1-15(2)30-13-16(3)20(14-30)26-23(24-12-22-28-27-17(4)29(22)5)25-19-10-11-31-21-9-7-6-8-18(19)21;/h6-9,15-16,19-20H,10-14H2,1-5H3,(H2,24,25,26);1H. The SMILES string of the molecule is Cc1nnc(CN=C(NC2CCOc3ccccc32)NC2CN(C(C)C)CC2C)n1C.I. The number of nitrogens with zero attached hydrogens (tertiary/aromatic N) is 5. The number of guanidine groups is 1. The lowest BCUT2D eigenvalue weighted by atomic mass is 10.0. The quantitative estimate of drug-likeness (QED) is 0.337. The van der Waals surface area contributed by atoms with E-state index in [-0.39, 0.29) is 30.0 Å². The van der Waals surface area contributed by atoms with E-state index in [9.17, 15) is 0 Å². The second kappa shape index (κ2) is 10.8. The summed E-state index contributed by atoms with van der Waals surface area (Å²) in [6.07, 6.45) is 0.902. The molecule has 1 aromatic heterocycles. The van der Waals surface area contributed by atoms with E-state index in [1.165, 1.54) is 5.56 Å². The number of aromatic nitrogens is 3. The number of likely N-dealkylation sites (tertiary alicyclic amines) is 1. The molecule has 1 aromatic carbocycles. The van der Waals surface area contributed by atoms with Crippen LogP contribution in [0.15, 0.2) is 29.3 Å². The molecule has 32 heavy (non-hydrogen) atoms. The van der Waals surface area contributed by atoms with Crippen molar-refractivity contribution in [2.45, 2.75) is 58.8 Å². The summed E-state index contributed by atoms with van der Waals surface area (Å²) in [5.74, 6) is 4.07. The summed E-state index contributed by atoms with van der Waals surface area (Å²) in [4.78, 5) is 7.44. The van der Waals surface area contributed by atoms with Crippen molar-refractivity contribution in [2.75, 3.05) is 19.7 Å². The van der Waals surface area contributed by atoms with Gasteiger partial charge in [0, 0.05) is 44.2 Å². The molecule has 9 heteroatoms. The van der Waals surface area contributed by atoms with Crippen molar-refractivity contribution >= 4 is 29.9 Å². The van der Waals surface area contributed by atoms with E-state index in [1.807, 2.05) is 30.7 Å². The molecule has 2 aromatic rings. The van der Waals surface area contributed by atoms with Crippen LogP contribution in [0, 0.1) is 12.8 Å². The maximum atomic E-state index is 5.85. The third-order valence-corrected chi connectivity index (χ3v) is 6.52. The molecule has 0 spiro atoms. The third kappa shape index (κ3) is 5.54. The Bertz CT molecular complexity index is 929. The largest absolute Gasteiger partial charge is 0.493 e. The zero-order valence-electron chi connectivity index (χ0n) is 19.7. The van der Waals surface area contributed by atoms with Crippen LogP contribution in [-0.4, -0.2) is 57.4 Å². The molecule has 3 heterocycles. The number of halogens is 1. The predicted molar refractivity (Wildman–Crippen MR) is 138 cm³/mol. The zero-order chi connectivity index (χ0) is 22.0. The molecule has 1 saturated heterocycles. The van der Waals surface area contributed by atoms with Gasteiger partial charge in [-0.2, -0.15) is 0 Å². The van der Waals surface area contributed by atoms with Gasteiger partial charge in [-0.15, -0.1) is 34.2 Å². The number of hydrogen-bond donors (Lipinski definition) is 2. The summed E-state index contributed by atoms with van der Waals surface area (Å²) in [5, 5.41) is 15.8. The van der Waals surface area contributed by atoms with Gasteiger partial charge in [0.15, 0.2) is 11.8 Å². The lowest BCUT2D eigenvalue weighted by Gasteiger charge is -2.29. The number of aryl methyl sites for hydroxylation is 1. The minimum atomic E-state index is 0. The van der Waals surface area contributed by atoms with Crippen molar-refractivity contribution in [1.29, 1.82) is 0 Å². The average Bonchev–Trinajstić information content (AvgIpc) is 3.29. The average molecular weight is 553 g/mol. The van der Waals surface area contributed by atoms with Crippen molar-refractivity contribution in [3.05, 3.63) is 41.5 Å². The van der Waals surface area contributed by atoms with Gasteiger partial charge < -0.3 is 19.9 Å². The number of ether oxygens (including phenoxy) is 1. The summed E-state index contributed by atoms with van der Waals surface area (Å²) in [7, 11) is 1.98. The molecular weight excluding hydrogens is 517 g/mol.